The maximum absolute atomic E-state index is 5.96. The van der Waals surface area contributed by atoms with Crippen LogP contribution in [-0.2, 0) is 0 Å². The Morgan fingerprint density at radius 3 is 2.88 bits per heavy atom. The highest BCUT2D eigenvalue weighted by atomic mass is 79.9. The molecule has 0 saturated carbocycles. The van der Waals surface area contributed by atoms with Gasteiger partial charge in [0.25, 0.3) is 0 Å². The molecule has 0 fully saturated rings. The second kappa shape index (κ2) is 5.47. The van der Waals surface area contributed by atoms with Crippen LogP contribution in [0.25, 0.3) is 0 Å². The van der Waals surface area contributed by atoms with Gasteiger partial charge in [0.15, 0.2) is 0 Å². The van der Waals surface area contributed by atoms with Crippen molar-refractivity contribution in [3.05, 3.63) is 52.0 Å². The number of benzene rings is 1. The van der Waals surface area contributed by atoms with Gasteiger partial charge in [-0.15, -0.1) is 0 Å². The van der Waals surface area contributed by atoms with Crippen LogP contribution in [0.5, 0.6) is 0 Å². The van der Waals surface area contributed by atoms with E-state index in [0.29, 0.717) is 5.02 Å². The van der Waals surface area contributed by atoms with Crippen molar-refractivity contribution in [1.82, 2.24) is 9.97 Å². The van der Waals surface area contributed by atoms with Crippen LogP contribution in [0, 0.1) is 0 Å². The van der Waals surface area contributed by atoms with Crippen molar-refractivity contribution < 1.29 is 0 Å². The van der Waals surface area contributed by atoms with Crippen molar-refractivity contribution in [2.24, 2.45) is 0 Å². The van der Waals surface area contributed by atoms with E-state index in [1.54, 1.807) is 18.6 Å². The zero-order valence-electron chi connectivity index (χ0n) is 9.19. The first-order valence-corrected chi connectivity index (χ1v) is 6.31. The van der Waals surface area contributed by atoms with E-state index in [-0.39, 0.29) is 6.04 Å². The molecule has 0 aliphatic heterocycles. The van der Waals surface area contributed by atoms with Crippen LogP contribution in [0.15, 0.2) is 41.3 Å². The number of rotatable bonds is 3. The summed E-state index contributed by atoms with van der Waals surface area (Å²) in [5, 5.41) is 4.03. The number of halogens is 2. The summed E-state index contributed by atoms with van der Waals surface area (Å²) in [7, 11) is 0. The number of hydrogen-bond donors (Lipinski definition) is 1. The summed E-state index contributed by atoms with van der Waals surface area (Å²) < 4.78 is 0.970. The summed E-state index contributed by atoms with van der Waals surface area (Å²) in [6, 6.07) is 5.69. The molecule has 0 bridgehead atoms. The first-order chi connectivity index (χ1) is 8.16. The van der Waals surface area contributed by atoms with E-state index >= 15 is 0 Å². The van der Waals surface area contributed by atoms with Gasteiger partial charge in [-0.25, -0.2) is 0 Å². The molecule has 3 nitrogen and oxygen atoms in total. The Kier molecular flexibility index (Phi) is 3.97. The topological polar surface area (TPSA) is 37.8 Å². The molecule has 0 amide bonds. The second-order valence-electron chi connectivity index (χ2n) is 3.62. The summed E-state index contributed by atoms with van der Waals surface area (Å²) in [4.78, 5) is 8.30. The average molecular weight is 313 g/mol. The van der Waals surface area contributed by atoms with E-state index in [4.69, 9.17) is 11.6 Å². The van der Waals surface area contributed by atoms with E-state index < -0.39 is 0 Å². The van der Waals surface area contributed by atoms with Gasteiger partial charge < -0.3 is 5.32 Å². The molecule has 17 heavy (non-hydrogen) atoms. The Bertz CT molecular complexity index is 504. The van der Waals surface area contributed by atoms with Gasteiger partial charge in [-0.2, -0.15) is 0 Å². The molecule has 1 unspecified atom stereocenters. The quantitative estimate of drug-likeness (QED) is 0.928. The zero-order chi connectivity index (χ0) is 12.3. The number of aromatic nitrogens is 2. The van der Waals surface area contributed by atoms with E-state index in [1.165, 1.54) is 0 Å². The fourth-order valence-corrected chi connectivity index (χ4v) is 1.98. The molecule has 2 rings (SSSR count). The molecule has 1 atom stereocenters. The Hall–Kier alpha value is -1.13. The molecule has 1 aromatic heterocycles. The second-order valence-corrected chi connectivity index (χ2v) is 4.91. The standard InChI is InChI=1S/C12H11BrClN3/c1-8(12-7-15-4-5-16-12)17-11-6-9(14)2-3-10(11)13/h2-8,17H,1H3. The molecule has 0 saturated heterocycles. The monoisotopic (exact) mass is 311 g/mol. The zero-order valence-corrected chi connectivity index (χ0v) is 11.5. The summed E-state index contributed by atoms with van der Waals surface area (Å²) in [5.41, 5.74) is 1.83. The average Bonchev–Trinajstić information content (AvgIpc) is 2.35. The number of anilines is 1. The van der Waals surface area contributed by atoms with Crippen molar-refractivity contribution in [1.29, 1.82) is 0 Å². The Morgan fingerprint density at radius 2 is 2.18 bits per heavy atom. The predicted molar refractivity (Wildman–Crippen MR) is 73.2 cm³/mol. The van der Waals surface area contributed by atoms with Gasteiger partial charge in [0.2, 0.25) is 0 Å². The van der Waals surface area contributed by atoms with Gasteiger partial charge in [-0.3, -0.25) is 9.97 Å². The largest absolute Gasteiger partial charge is 0.376 e. The summed E-state index contributed by atoms with van der Waals surface area (Å²) in [6.07, 6.45) is 5.09. The van der Waals surface area contributed by atoms with E-state index in [0.717, 1.165) is 15.9 Å². The number of nitrogens with zero attached hydrogens (tertiary/aromatic N) is 2. The molecule has 0 radical (unpaired) electrons. The summed E-state index contributed by atoms with van der Waals surface area (Å²) in [6.45, 7) is 2.03. The van der Waals surface area contributed by atoms with Crippen molar-refractivity contribution in [2.75, 3.05) is 5.32 Å². The van der Waals surface area contributed by atoms with E-state index in [1.807, 2.05) is 25.1 Å². The maximum Gasteiger partial charge on any atom is 0.0806 e. The molecule has 0 aliphatic rings. The SMILES string of the molecule is CC(Nc1cc(Cl)ccc1Br)c1cnccn1. The van der Waals surface area contributed by atoms with E-state index in [2.05, 4.69) is 31.2 Å². The molecule has 0 aliphatic carbocycles. The van der Waals surface area contributed by atoms with Crippen LogP contribution in [0.3, 0.4) is 0 Å². The summed E-state index contributed by atoms with van der Waals surface area (Å²) >= 11 is 9.43. The summed E-state index contributed by atoms with van der Waals surface area (Å²) in [5.74, 6) is 0. The molecular formula is C12H11BrClN3. The minimum Gasteiger partial charge on any atom is -0.376 e. The smallest absolute Gasteiger partial charge is 0.0806 e. The Morgan fingerprint density at radius 1 is 1.35 bits per heavy atom. The highest BCUT2D eigenvalue weighted by Crippen LogP contribution is 2.28. The first kappa shape index (κ1) is 12.3. The van der Waals surface area contributed by atoms with Gasteiger partial charge in [0.1, 0.15) is 0 Å². The van der Waals surface area contributed by atoms with Crippen LogP contribution in [0.2, 0.25) is 5.02 Å². The Balaban J connectivity index is 2.18. The van der Waals surface area contributed by atoms with Gasteiger partial charge in [-0.1, -0.05) is 11.6 Å². The lowest BCUT2D eigenvalue weighted by molar-refractivity contribution is 0.827. The fraction of sp³-hybridized carbons (Fsp3) is 0.167. The predicted octanol–water partition coefficient (Wildman–Crippen LogP) is 4.07. The number of nitrogens with one attached hydrogen (secondary N) is 1. The minimum absolute atomic E-state index is 0.0680. The van der Waals surface area contributed by atoms with Crippen molar-refractivity contribution in [2.45, 2.75) is 13.0 Å². The molecule has 1 N–H and O–H groups in total. The third-order valence-corrected chi connectivity index (χ3v) is 3.25. The maximum atomic E-state index is 5.96. The minimum atomic E-state index is 0.0680. The molecule has 1 aromatic carbocycles. The third kappa shape index (κ3) is 3.17. The van der Waals surface area contributed by atoms with Crippen LogP contribution in [0.1, 0.15) is 18.7 Å². The lowest BCUT2D eigenvalue weighted by Crippen LogP contribution is -2.09. The van der Waals surface area contributed by atoms with Gasteiger partial charge >= 0.3 is 0 Å². The third-order valence-electron chi connectivity index (χ3n) is 2.33. The van der Waals surface area contributed by atoms with Crippen LogP contribution >= 0.6 is 27.5 Å². The highest BCUT2D eigenvalue weighted by Gasteiger charge is 2.08. The lowest BCUT2D eigenvalue weighted by Gasteiger charge is -2.15. The fourth-order valence-electron chi connectivity index (χ4n) is 1.45. The van der Waals surface area contributed by atoms with Crippen LogP contribution in [-0.4, -0.2) is 9.97 Å². The molecule has 5 heteroatoms. The normalized spacial score (nSPS) is 12.2. The van der Waals surface area contributed by atoms with Crippen LogP contribution in [0.4, 0.5) is 5.69 Å². The number of hydrogen-bond acceptors (Lipinski definition) is 3. The van der Waals surface area contributed by atoms with Gasteiger partial charge in [0.05, 0.1) is 23.6 Å². The first-order valence-electron chi connectivity index (χ1n) is 5.14. The molecule has 88 valence electrons. The molecule has 1 heterocycles. The Labute approximate surface area is 113 Å². The van der Waals surface area contributed by atoms with Crippen LogP contribution < -0.4 is 5.32 Å². The molecule has 0 spiro atoms. The van der Waals surface area contributed by atoms with Gasteiger partial charge in [-0.05, 0) is 41.1 Å². The lowest BCUT2D eigenvalue weighted by atomic mass is 10.2. The van der Waals surface area contributed by atoms with Crippen molar-refractivity contribution >= 4 is 33.2 Å². The van der Waals surface area contributed by atoms with E-state index in [9.17, 15) is 0 Å². The highest BCUT2D eigenvalue weighted by molar-refractivity contribution is 9.10. The molecular weight excluding hydrogens is 302 g/mol. The molecule has 2 aromatic rings. The van der Waals surface area contributed by atoms with Gasteiger partial charge in [0, 0.05) is 21.9 Å². The van der Waals surface area contributed by atoms with Crippen molar-refractivity contribution in [3.63, 3.8) is 0 Å². The van der Waals surface area contributed by atoms with Crippen molar-refractivity contribution in [3.8, 4) is 0 Å².